The van der Waals surface area contributed by atoms with Crippen LogP contribution in [0, 0.1) is 0 Å². The number of halogens is 1. The Hall–Kier alpha value is -1.89. The number of anilines is 2. The Balaban J connectivity index is 2.22. The lowest BCUT2D eigenvalue weighted by atomic mass is 10.3. The molecule has 7 heteroatoms. The van der Waals surface area contributed by atoms with E-state index in [2.05, 4.69) is 36.4 Å². The number of carbonyl (C=O) groups excluding carboxylic acids is 1. The van der Waals surface area contributed by atoms with Crippen molar-refractivity contribution in [3.63, 3.8) is 0 Å². The summed E-state index contributed by atoms with van der Waals surface area (Å²) in [4.78, 5) is 15.7. The molecule has 0 aliphatic carbocycles. The van der Waals surface area contributed by atoms with Gasteiger partial charge in [0.25, 0.3) is 5.91 Å². The second-order valence-electron chi connectivity index (χ2n) is 2.99. The molecule has 0 aliphatic heterocycles. The van der Waals surface area contributed by atoms with Crippen LogP contribution < -0.4 is 11.1 Å². The summed E-state index contributed by atoms with van der Waals surface area (Å²) in [6, 6.07) is 3.46. The van der Waals surface area contributed by atoms with Crippen LogP contribution in [-0.2, 0) is 0 Å². The van der Waals surface area contributed by atoms with Crippen LogP contribution in [0.2, 0.25) is 0 Å². The molecule has 0 saturated carbocycles. The van der Waals surface area contributed by atoms with Gasteiger partial charge in [0, 0.05) is 10.7 Å². The smallest absolute Gasteiger partial charge is 0.276 e. The second kappa shape index (κ2) is 4.31. The minimum Gasteiger partial charge on any atom is -0.394 e. The van der Waals surface area contributed by atoms with Crippen LogP contribution in [0.25, 0.3) is 0 Å². The third-order valence-electron chi connectivity index (χ3n) is 1.88. The number of amides is 1. The Labute approximate surface area is 99.4 Å². The first-order chi connectivity index (χ1) is 7.68. The summed E-state index contributed by atoms with van der Waals surface area (Å²) >= 11 is 3.24. The molecule has 2 aromatic rings. The van der Waals surface area contributed by atoms with Gasteiger partial charge in [0.1, 0.15) is 5.69 Å². The van der Waals surface area contributed by atoms with E-state index in [0.29, 0.717) is 16.0 Å². The van der Waals surface area contributed by atoms with Gasteiger partial charge in [-0.15, -0.1) is 0 Å². The fourth-order valence-corrected chi connectivity index (χ4v) is 1.56. The maximum Gasteiger partial charge on any atom is 0.276 e. The van der Waals surface area contributed by atoms with Crippen molar-refractivity contribution in [2.75, 3.05) is 11.1 Å². The highest BCUT2D eigenvalue weighted by atomic mass is 79.9. The first-order valence-corrected chi connectivity index (χ1v) is 5.18. The molecular weight excluding hydrogens is 274 g/mol. The topological polar surface area (TPSA) is 96.7 Å². The highest BCUT2D eigenvalue weighted by molar-refractivity contribution is 9.10. The number of aromatic nitrogens is 3. The van der Waals surface area contributed by atoms with E-state index in [1.54, 1.807) is 12.1 Å². The Kier molecular flexibility index (Phi) is 2.86. The van der Waals surface area contributed by atoms with Crippen molar-refractivity contribution in [2.45, 2.75) is 0 Å². The minimum atomic E-state index is -0.358. The Morgan fingerprint density at radius 1 is 1.56 bits per heavy atom. The van der Waals surface area contributed by atoms with Gasteiger partial charge in [-0.3, -0.25) is 9.89 Å². The average molecular weight is 282 g/mol. The monoisotopic (exact) mass is 281 g/mol. The molecule has 0 bridgehead atoms. The summed E-state index contributed by atoms with van der Waals surface area (Å²) in [6.45, 7) is 0. The molecule has 82 valence electrons. The fraction of sp³-hybridized carbons (Fsp3) is 0. The zero-order chi connectivity index (χ0) is 11.5. The Morgan fingerprint density at radius 3 is 3.00 bits per heavy atom. The molecule has 0 unspecified atom stereocenters. The number of rotatable bonds is 2. The van der Waals surface area contributed by atoms with Crippen LogP contribution in [0.5, 0.6) is 0 Å². The van der Waals surface area contributed by atoms with Gasteiger partial charge in [-0.25, -0.2) is 4.98 Å². The van der Waals surface area contributed by atoms with E-state index in [0.717, 1.165) is 0 Å². The number of pyridine rings is 1. The van der Waals surface area contributed by atoms with Gasteiger partial charge in [0.05, 0.1) is 11.9 Å². The number of nitrogens with one attached hydrogen (secondary N) is 2. The van der Waals surface area contributed by atoms with Gasteiger partial charge >= 0.3 is 0 Å². The highest BCUT2D eigenvalue weighted by Gasteiger charge is 2.13. The third-order valence-corrected chi connectivity index (χ3v) is 2.52. The van der Waals surface area contributed by atoms with Crippen molar-refractivity contribution in [1.29, 1.82) is 0 Å². The molecule has 16 heavy (non-hydrogen) atoms. The number of hydrogen-bond acceptors (Lipinski definition) is 4. The van der Waals surface area contributed by atoms with Gasteiger partial charge in [-0.2, -0.15) is 5.10 Å². The molecule has 0 radical (unpaired) electrons. The number of nitrogen functional groups attached to an aromatic ring is 1. The van der Waals surface area contributed by atoms with E-state index >= 15 is 0 Å². The lowest BCUT2D eigenvalue weighted by Gasteiger charge is -2.04. The van der Waals surface area contributed by atoms with Gasteiger partial charge in [-0.1, -0.05) is 0 Å². The van der Waals surface area contributed by atoms with E-state index in [4.69, 9.17) is 5.73 Å². The summed E-state index contributed by atoms with van der Waals surface area (Å²) in [6.07, 6.45) is 2.96. The number of hydrogen-bond donors (Lipinski definition) is 3. The van der Waals surface area contributed by atoms with Crippen molar-refractivity contribution in [2.24, 2.45) is 0 Å². The van der Waals surface area contributed by atoms with Gasteiger partial charge in [0.2, 0.25) is 0 Å². The van der Waals surface area contributed by atoms with Crippen molar-refractivity contribution in [1.82, 2.24) is 15.2 Å². The van der Waals surface area contributed by atoms with E-state index in [-0.39, 0.29) is 11.6 Å². The zero-order valence-corrected chi connectivity index (χ0v) is 9.65. The lowest BCUT2D eigenvalue weighted by molar-refractivity contribution is 0.102. The molecule has 0 saturated heterocycles. The molecule has 2 aromatic heterocycles. The largest absolute Gasteiger partial charge is 0.394 e. The summed E-state index contributed by atoms with van der Waals surface area (Å²) < 4.78 is 0.616. The molecule has 1 amide bonds. The molecule has 0 atom stereocenters. The summed E-state index contributed by atoms with van der Waals surface area (Å²) in [5.41, 5.74) is 6.23. The summed E-state index contributed by atoms with van der Waals surface area (Å²) in [5.74, 6) is 0.00554. The first-order valence-electron chi connectivity index (χ1n) is 4.39. The van der Waals surface area contributed by atoms with Crippen molar-refractivity contribution in [3.05, 3.63) is 34.7 Å². The van der Waals surface area contributed by atoms with Crippen molar-refractivity contribution in [3.8, 4) is 0 Å². The molecule has 0 aliphatic rings. The maximum atomic E-state index is 11.8. The molecule has 2 heterocycles. The molecule has 0 aromatic carbocycles. The average Bonchev–Trinajstić information content (AvgIpc) is 2.65. The van der Waals surface area contributed by atoms with E-state index in [1.165, 1.54) is 12.4 Å². The second-order valence-corrected chi connectivity index (χ2v) is 3.84. The Morgan fingerprint density at radius 2 is 2.38 bits per heavy atom. The first kappa shape index (κ1) is 10.6. The van der Waals surface area contributed by atoms with Crippen LogP contribution in [0.1, 0.15) is 10.5 Å². The summed E-state index contributed by atoms with van der Waals surface area (Å²) in [7, 11) is 0. The van der Waals surface area contributed by atoms with Gasteiger partial charge < -0.3 is 11.1 Å². The molecular formula is C9H8BrN5O. The fourth-order valence-electron chi connectivity index (χ4n) is 1.12. The van der Waals surface area contributed by atoms with Gasteiger partial charge in [0.15, 0.2) is 5.82 Å². The Bertz CT molecular complexity index is 524. The van der Waals surface area contributed by atoms with Crippen LogP contribution in [0.3, 0.4) is 0 Å². The third kappa shape index (κ3) is 2.03. The number of H-pyrrole nitrogens is 1. The maximum absolute atomic E-state index is 11.8. The summed E-state index contributed by atoms with van der Waals surface area (Å²) in [5, 5.41) is 8.84. The normalized spacial score (nSPS) is 10.1. The van der Waals surface area contributed by atoms with Crippen LogP contribution in [-0.4, -0.2) is 21.1 Å². The number of aromatic amines is 1. The molecule has 4 N–H and O–H groups in total. The van der Waals surface area contributed by atoms with E-state index in [1.807, 2.05) is 0 Å². The minimum absolute atomic E-state index is 0.288. The van der Waals surface area contributed by atoms with Crippen molar-refractivity contribution < 1.29 is 4.79 Å². The molecule has 2 rings (SSSR count). The number of nitrogens with zero attached hydrogens (tertiary/aromatic N) is 2. The highest BCUT2D eigenvalue weighted by Crippen LogP contribution is 2.17. The zero-order valence-electron chi connectivity index (χ0n) is 8.07. The van der Waals surface area contributed by atoms with Gasteiger partial charge in [-0.05, 0) is 28.1 Å². The standard InChI is InChI=1S/C9H8BrN5O/c10-5-2-1-3-12-7(5)9(16)14-8-6(11)4-13-15-8/h1-4H,11H2,(H2,13,14,15,16). The van der Waals surface area contributed by atoms with Crippen LogP contribution >= 0.6 is 15.9 Å². The lowest BCUT2D eigenvalue weighted by Crippen LogP contribution is -2.15. The van der Waals surface area contributed by atoms with Crippen molar-refractivity contribution >= 4 is 33.3 Å². The molecule has 0 fully saturated rings. The van der Waals surface area contributed by atoms with Crippen LogP contribution in [0.15, 0.2) is 29.0 Å². The molecule has 6 nitrogen and oxygen atoms in total. The predicted octanol–water partition coefficient (Wildman–Crippen LogP) is 1.40. The quantitative estimate of drug-likeness (QED) is 0.775. The van der Waals surface area contributed by atoms with E-state index in [9.17, 15) is 4.79 Å². The molecule has 0 spiro atoms. The van der Waals surface area contributed by atoms with E-state index < -0.39 is 0 Å². The number of carbonyl (C=O) groups is 1. The predicted molar refractivity (Wildman–Crippen MR) is 62.9 cm³/mol. The van der Waals surface area contributed by atoms with Crippen LogP contribution in [0.4, 0.5) is 11.5 Å². The number of nitrogens with two attached hydrogens (primary N) is 1. The SMILES string of the molecule is Nc1cn[nH]c1NC(=O)c1ncccc1Br.